The quantitative estimate of drug-likeness (QED) is 0.799. The average Bonchev–Trinajstić information content (AvgIpc) is 3.30. The lowest BCUT2D eigenvalue weighted by Gasteiger charge is -2.08. The van der Waals surface area contributed by atoms with Gasteiger partial charge in [-0.15, -0.1) is 0 Å². The molecule has 0 aliphatic carbocycles. The largest absolute Gasteiger partial charge is 0.354 e. The van der Waals surface area contributed by atoms with E-state index in [9.17, 15) is 9.59 Å². The number of nitrogens with zero attached hydrogens (tertiary/aromatic N) is 4. The van der Waals surface area contributed by atoms with Gasteiger partial charge in [0.05, 0.1) is 16.5 Å². The van der Waals surface area contributed by atoms with Crippen LogP contribution in [0.25, 0.3) is 10.6 Å². The molecule has 1 aliphatic rings. The Balaban J connectivity index is 1.70. The van der Waals surface area contributed by atoms with Crippen LogP contribution in [0.15, 0.2) is 24.4 Å². The molecule has 25 heavy (non-hydrogen) atoms. The number of thiazole rings is 1. The second-order valence-corrected chi connectivity index (χ2v) is 6.57. The topological polar surface area (TPSA) is 111 Å². The fraction of sp³-hybridized carbons (Fsp3) is 0.312. The smallest absolute Gasteiger partial charge is 0.269 e. The Labute approximate surface area is 148 Å². The van der Waals surface area contributed by atoms with Gasteiger partial charge in [-0.3, -0.25) is 9.59 Å². The van der Waals surface area contributed by atoms with E-state index in [1.807, 2.05) is 0 Å². The molecule has 128 valence electrons. The minimum absolute atomic E-state index is 0.134. The van der Waals surface area contributed by atoms with Gasteiger partial charge in [0.1, 0.15) is 5.69 Å². The van der Waals surface area contributed by atoms with E-state index < -0.39 is 0 Å². The highest BCUT2D eigenvalue weighted by molar-refractivity contribution is 7.19. The van der Waals surface area contributed by atoms with E-state index >= 15 is 0 Å². The van der Waals surface area contributed by atoms with Gasteiger partial charge in [0, 0.05) is 26.3 Å². The third-order valence-corrected chi connectivity index (χ3v) is 4.83. The Hall–Kier alpha value is -2.99. The minimum atomic E-state index is -0.261. The van der Waals surface area contributed by atoms with Crippen molar-refractivity contribution in [1.29, 1.82) is 5.26 Å². The summed E-state index contributed by atoms with van der Waals surface area (Å²) >= 11 is 1.29. The number of rotatable bonds is 4. The molecule has 2 N–H and O–H groups in total. The second-order valence-electron chi connectivity index (χ2n) is 5.54. The van der Waals surface area contributed by atoms with Gasteiger partial charge in [0.15, 0.2) is 11.3 Å². The van der Waals surface area contributed by atoms with Crippen molar-refractivity contribution in [2.24, 2.45) is 5.92 Å². The molecule has 1 atom stereocenters. The van der Waals surface area contributed by atoms with Crippen LogP contribution in [-0.2, 0) is 4.79 Å². The summed E-state index contributed by atoms with van der Waals surface area (Å²) in [5.74, 6) is -0.601. The van der Waals surface area contributed by atoms with Crippen molar-refractivity contribution in [3.63, 3.8) is 0 Å². The number of amides is 2. The molecule has 2 amide bonds. The molecule has 1 aliphatic heterocycles. The number of carbonyl (C=O) groups is 2. The van der Waals surface area contributed by atoms with Crippen molar-refractivity contribution in [3.8, 4) is 16.8 Å². The number of carbonyl (C=O) groups excluding carboxylic acids is 2. The van der Waals surface area contributed by atoms with Crippen molar-refractivity contribution in [2.45, 2.75) is 6.42 Å². The first kappa shape index (κ1) is 16.9. The van der Waals surface area contributed by atoms with Crippen LogP contribution in [0.2, 0.25) is 0 Å². The maximum absolute atomic E-state index is 12.3. The van der Waals surface area contributed by atoms with Crippen molar-refractivity contribution >= 4 is 28.3 Å². The number of anilines is 1. The molecule has 3 rings (SSSR count). The van der Waals surface area contributed by atoms with Gasteiger partial charge in [-0.1, -0.05) is 17.4 Å². The van der Waals surface area contributed by atoms with Gasteiger partial charge >= 0.3 is 0 Å². The first-order valence-electron chi connectivity index (χ1n) is 7.71. The van der Waals surface area contributed by atoms with Crippen LogP contribution in [-0.4, -0.2) is 46.8 Å². The van der Waals surface area contributed by atoms with E-state index in [0.29, 0.717) is 36.0 Å². The standard InChI is InChI=1S/C16H16N6O2S/c1-18-15(24)12-4-2-3-11(20-12)13-7-19-16(25-13)21-14(23)10-5-6-22(8-10)9-17/h2-4,7,10H,5-6,8H2,1H3,(H,18,24)(H,19,21,23). The van der Waals surface area contributed by atoms with Crippen LogP contribution in [0, 0.1) is 17.4 Å². The predicted molar refractivity (Wildman–Crippen MR) is 92.7 cm³/mol. The highest BCUT2D eigenvalue weighted by Gasteiger charge is 2.28. The molecule has 0 bridgehead atoms. The lowest BCUT2D eigenvalue weighted by atomic mass is 10.1. The van der Waals surface area contributed by atoms with Crippen molar-refractivity contribution < 1.29 is 9.59 Å². The number of hydrogen-bond donors (Lipinski definition) is 2. The summed E-state index contributed by atoms with van der Waals surface area (Å²) in [4.78, 5) is 34.8. The Bertz CT molecular complexity index is 843. The number of likely N-dealkylation sites (tertiary alicyclic amines) is 1. The summed E-state index contributed by atoms with van der Waals surface area (Å²) in [5, 5.41) is 14.7. The van der Waals surface area contributed by atoms with Gasteiger partial charge in [-0.05, 0) is 18.6 Å². The van der Waals surface area contributed by atoms with Crippen molar-refractivity contribution in [3.05, 3.63) is 30.1 Å². The van der Waals surface area contributed by atoms with Gasteiger partial charge in [0.25, 0.3) is 5.91 Å². The average molecular weight is 356 g/mol. The minimum Gasteiger partial charge on any atom is -0.354 e. The van der Waals surface area contributed by atoms with Gasteiger partial charge in [-0.25, -0.2) is 9.97 Å². The van der Waals surface area contributed by atoms with E-state index in [0.717, 1.165) is 4.88 Å². The summed E-state index contributed by atoms with van der Waals surface area (Å²) in [6, 6.07) is 5.17. The Morgan fingerprint density at radius 2 is 2.28 bits per heavy atom. The first-order valence-corrected chi connectivity index (χ1v) is 8.53. The lowest BCUT2D eigenvalue weighted by Crippen LogP contribution is -2.25. The molecule has 0 radical (unpaired) electrons. The van der Waals surface area contributed by atoms with Crippen molar-refractivity contribution in [2.75, 3.05) is 25.5 Å². The molecule has 2 aromatic rings. The zero-order chi connectivity index (χ0) is 17.8. The number of aromatic nitrogens is 2. The Kier molecular flexibility index (Phi) is 4.90. The maximum atomic E-state index is 12.3. The Morgan fingerprint density at radius 1 is 1.44 bits per heavy atom. The molecule has 0 aromatic carbocycles. The van der Waals surface area contributed by atoms with E-state index in [1.54, 1.807) is 36.3 Å². The van der Waals surface area contributed by atoms with E-state index in [2.05, 4.69) is 26.8 Å². The normalized spacial score (nSPS) is 16.3. The fourth-order valence-electron chi connectivity index (χ4n) is 2.55. The molecule has 0 spiro atoms. The second kappa shape index (κ2) is 7.27. The number of nitriles is 1. The predicted octanol–water partition coefficient (Wildman–Crippen LogP) is 1.31. The summed E-state index contributed by atoms with van der Waals surface area (Å²) in [6.07, 6.45) is 4.33. The van der Waals surface area contributed by atoms with E-state index in [1.165, 1.54) is 11.3 Å². The molecule has 3 heterocycles. The monoisotopic (exact) mass is 356 g/mol. The summed E-state index contributed by atoms with van der Waals surface area (Å²) in [5.41, 5.74) is 0.942. The fourth-order valence-corrected chi connectivity index (χ4v) is 3.34. The summed E-state index contributed by atoms with van der Waals surface area (Å²) < 4.78 is 0. The van der Waals surface area contributed by atoms with Crippen LogP contribution >= 0.6 is 11.3 Å². The zero-order valence-corrected chi connectivity index (χ0v) is 14.3. The van der Waals surface area contributed by atoms with Gasteiger partial charge in [0.2, 0.25) is 5.91 Å². The molecule has 0 saturated carbocycles. The molecule has 8 nitrogen and oxygen atoms in total. The SMILES string of the molecule is CNC(=O)c1cccc(-c2cnc(NC(=O)C3CCN(C#N)C3)s2)n1. The Morgan fingerprint density at radius 3 is 3.00 bits per heavy atom. The van der Waals surface area contributed by atoms with E-state index in [-0.39, 0.29) is 17.7 Å². The molecule has 1 unspecified atom stereocenters. The van der Waals surface area contributed by atoms with Gasteiger partial charge in [-0.2, -0.15) is 5.26 Å². The molecule has 9 heteroatoms. The third kappa shape index (κ3) is 3.75. The van der Waals surface area contributed by atoms with Crippen molar-refractivity contribution in [1.82, 2.24) is 20.2 Å². The van der Waals surface area contributed by atoms with E-state index in [4.69, 9.17) is 5.26 Å². The van der Waals surface area contributed by atoms with Gasteiger partial charge < -0.3 is 15.5 Å². The lowest BCUT2D eigenvalue weighted by molar-refractivity contribution is -0.119. The highest BCUT2D eigenvalue weighted by Crippen LogP contribution is 2.28. The number of pyridine rings is 1. The molecule has 1 fully saturated rings. The zero-order valence-electron chi connectivity index (χ0n) is 13.5. The number of hydrogen-bond acceptors (Lipinski definition) is 7. The molecular formula is C16H16N6O2S. The third-order valence-electron chi connectivity index (χ3n) is 3.90. The molecular weight excluding hydrogens is 340 g/mol. The van der Waals surface area contributed by atoms with Crippen LogP contribution in [0.1, 0.15) is 16.9 Å². The molecule has 2 aromatic heterocycles. The summed E-state index contributed by atoms with van der Waals surface area (Å²) in [7, 11) is 1.55. The molecule has 1 saturated heterocycles. The first-order chi connectivity index (χ1) is 12.1. The summed E-state index contributed by atoms with van der Waals surface area (Å²) in [6.45, 7) is 1.05. The number of nitrogens with one attached hydrogen (secondary N) is 2. The van der Waals surface area contributed by atoms with Crippen LogP contribution in [0.4, 0.5) is 5.13 Å². The van der Waals surface area contributed by atoms with Crippen LogP contribution < -0.4 is 10.6 Å². The maximum Gasteiger partial charge on any atom is 0.269 e. The van der Waals surface area contributed by atoms with Crippen LogP contribution in [0.5, 0.6) is 0 Å². The highest BCUT2D eigenvalue weighted by atomic mass is 32.1. The van der Waals surface area contributed by atoms with Crippen LogP contribution in [0.3, 0.4) is 0 Å².